The van der Waals surface area contributed by atoms with Gasteiger partial charge in [0.25, 0.3) is 0 Å². The number of aromatic nitrogens is 6. The summed E-state index contributed by atoms with van der Waals surface area (Å²) >= 11 is 0. The summed E-state index contributed by atoms with van der Waals surface area (Å²) < 4.78 is 13.6. The molecule has 7 rings (SSSR count). The van der Waals surface area contributed by atoms with Crippen LogP contribution in [0.25, 0.3) is 16.7 Å². The number of benzene rings is 1. The number of piperazine rings is 1. The maximum absolute atomic E-state index is 12.9. The third kappa shape index (κ3) is 5.36. The Bertz CT molecular complexity index is 1850. The monoisotopic (exact) mass is 579 g/mol. The molecule has 12 heteroatoms. The number of pyridine rings is 2. The fourth-order valence-corrected chi connectivity index (χ4v) is 5.62. The summed E-state index contributed by atoms with van der Waals surface area (Å²) in [6.45, 7) is 9.83. The molecule has 12 nitrogen and oxygen atoms in total. The molecule has 1 N–H and O–H groups in total. The number of amides is 1. The van der Waals surface area contributed by atoms with Crippen LogP contribution >= 0.6 is 0 Å². The van der Waals surface area contributed by atoms with Crippen LogP contribution in [-0.4, -0.2) is 78.4 Å². The number of nitrogens with zero attached hydrogens (tertiary/aromatic N) is 8. The zero-order valence-corrected chi connectivity index (χ0v) is 24.6. The molecule has 1 atom stereocenters. The van der Waals surface area contributed by atoms with E-state index in [1.54, 1.807) is 15.7 Å². The Balaban J connectivity index is 1.12. The highest BCUT2D eigenvalue weighted by Crippen LogP contribution is 2.36. The molecule has 2 bridgehead atoms. The molecule has 0 unspecified atom stereocenters. The fourth-order valence-electron chi connectivity index (χ4n) is 5.62. The molecule has 0 radical (unpaired) electrons. The first kappa shape index (κ1) is 26.9. The van der Waals surface area contributed by atoms with Crippen molar-refractivity contribution in [3.8, 4) is 5.75 Å². The van der Waals surface area contributed by atoms with Crippen molar-refractivity contribution in [3.05, 3.63) is 71.9 Å². The van der Waals surface area contributed by atoms with E-state index in [0.29, 0.717) is 48.8 Å². The van der Waals surface area contributed by atoms with Crippen molar-refractivity contribution in [2.24, 2.45) is 0 Å². The minimum atomic E-state index is -0.559. The maximum Gasteiger partial charge on any atom is 0.410 e. The Labute approximate surface area is 248 Å². The van der Waals surface area contributed by atoms with Crippen molar-refractivity contribution in [1.82, 2.24) is 34.4 Å². The van der Waals surface area contributed by atoms with Gasteiger partial charge in [-0.25, -0.2) is 29.2 Å². The lowest BCUT2D eigenvalue weighted by Crippen LogP contribution is -2.57. The van der Waals surface area contributed by atoms with E-state index in [9.17, 15) is 4.79 Å². The van der Waals surface area contributed by atoms with Crippen LogP contribution in [0.2, 0.25) is 0 Å². The van der Waals surface area contributed by atoms with E-state index in [4.69, 9.17) is 14.5 Å². The molecule has 0 spiro atoms. The summed E-state index contributed by atoms with van der Waals surface area (Å²) in [5.74, 6) is 1.99. The average Bonchev–Trinajstić information content (AvgIpc) is 3.39. The van der Waals surface area contributed by atoms with Crippen molar-refractivity contribution in [2.45, 2.75) is 45.8 Å². The van der Waals surface area contributed by atoms with Crippen molar-refractivity contribution < 1.29 is 14.3 Å². The van der Waals surface area contributed by atoms with Crippen LogP contribution in [0.15, 0.2) is 55.2 Å². The number of carbonyl (C=O) groups excluding carboxylic acids is 1. The molecular formula is C31H33N9O3. The minimum Gasteiger partial charge on any atom is -0.487 e. The van der Waals surface area contributed by atoms with Gasteiger partial charge in [0.2, 0.25) is 0 Å². The highest BCUT2D eigenvalue weighted by Gasteiger charge is 2.37. The zero-order valence-electron chi connectivity index (χ0n) is 24.6. The molecule has 1 aromatic carbocycles. The first-order valence-corrected chi connectivity index (χ1v) is 14.4. The number of nitrogens with one attached hydrogen (secondary N) is 1. The number of ether oxygens (including phenoxy) is 2. The number of hydrogen-bond acceptors (Lipinski definition) is 10. The molecule has 2 aliphatic rings. The molecule has 6 heterocycles. The SMILES string of the molecule is Cc1cc(Nc2ncnc3cc4c(nc23)N2CCN(C(=O)OC(C)(C)C)[C@@H](CO4)C2)ccc1Cc1ccn2ncnc2c1. The van der Waals surface area contributed by atoms with Crippen LogP contribution < -0.4 is 15.0 Å². The van der Waals surface area contributed by atoms with Gasteiger partial charge in [0.15, 0.2) is 23.0 Å². The van der Waals surface area contributed by atoms with E-state index in [2.05, 4.69) is 67.5 Å². The molecule has 0 saturated carbocycles. The molecule has 1 amide bonds. The summed E-state index contributed by atoms with van der Waals surface area (Å²) in [6, 6.07) is 12.2. The van der Waals surface area contributed by atoms with Crippen molar-refractivity contribution in [2.75, 3.05) is 36.5 Å². The summed E-state index contributed by atoms with van der Waals surface area (Å²) in [6.07, 6.45) is 5.50. The van der Waals surface area contributed by atoms with E-state index in [1.165, 1.54) is 17.5 Å². The normalized spacial score (nSPS) is 16.5. The Hall–Kier alpha value is -5.00. The minimum absolute atomic E-state index is 0.149. The second-order valence-electron chi connectivity index (χ2n) is 12.0. The van der Waals surface area contributed by atoms with Crippen LogP contribution in [0.4, 0.5) is 22.1 Å². The molecule has 0 aliphatic carbocycles. The zero-order chi connectivity index (χ0) is 29.7. The largest absolute Gasteiger partial charge is 0.487 e. The number of carbonyl (C=O) groups is 1. The second kappa shape index (κ2) is 10.4. The van der Waals surface area contributed by atoms with E-state index < -0.39 is 5.60 Å². The predicted molar refractivity (Wildman–Crippen MR) is 162 cm³/mol. The van der Waals surface area contributed by atoms with Crippen LogP contribution in [-0.2, 0) is 11.2 Å². The summed E-state index contributed by atoms with van der Waals surface area (Å²) in [7, 11) is 0. The van der Waals surface area contributed by atoms with Crippen LogP contribution in [0, 0.1) is 6.92 Å². The van der Waals surface area contributed by atoms with E-state index in [-0.39, 0.29) is 12.1 Å². The Kier molecular flexibility index (Phi) is 6.48. The van der Waals surface area contributed by atoms with Gasteiger partial charge in [-0.2, -0.15) is 5.10 Å². The van der Waals surface area contributed by atoms with Gasteiger partial charge in [-0.1, -0.05) is 6.07 Å². The Morgan fingerprint density at radius 3 is 2.81 bits per heavy atom. The quantitative estimate of drug-likeness (QED) is 0.325. The van der Waals surface area contributed by atoms with Crippen molar-refractivity contribution in [3.63, 3.8) is 0 Å². The highest BCUT2D eigenvalue weighted by molar-refractivity contribution is 5.90. The molecular weight excluding hydrogens is 546 g/mol. The summed E-state index contributed by atoms with van der Waals surface area (Å²) in [5, 5.41) is 7.63. The van der Waals surface area contributed by atoms with Gasteiger partial charge in [-0.3, -0.25) is 4.90 Å². The van der Waals surface area contributed by atoms with Crippen molar-refractivity contribution in [1.29, 1.82) is 0 Å². The second-order valence-corrected chi connectivity index (χ2v) is 12.0. The number of anilines is 3. The number of rotatable bonds is 4. The molecule has 1 saturated heterocycles. The lowest BCUT2D eigenvalue weighted by molar-refractivity contribution is 0.00974. The van der Waals surface area contributed by atoms with Gasteiger partial charge in [0.05, 0.1) is 11.6 Å². The fraction of sp³-hybridized carbons (Fsp3) is 0.355. The molecule has 4 aromatic heterocycles. The number of fused-ring (bicyclic) bond motifs is 6. The van der Waals surface area contributed by atoms with Crippen LogP contribution in [0.1, 0.15) is 37.5 Å². The third-order valence-electron chi connectivity index (χ3n) is 7.74. The lowest BCUT2D eigenvalue weighted by Gasteiger charge is -2.39. The first-order valence-electron chi connectivity index (χ1n) is 14.4. The summed E-state index contributed by atoms with van der Waals surface area (Å²) in [4.78, 5) is 35.1. The first-order chi connectivity index (χ1) is 20.7. The van der Waals surface area contributed by atoms with Crippen molar-refractivity contribution >= 4 is 40.1 Å². The third-order valence-corrected chi connectivity index (χ3v) is 7.74. The van der Waals surface area contributed by atoms with Gasteiger partial charge in [0.1, 0.15) is 30.4 Å². The van der Waals surface area contributed by atoms with Gasteiger partial charge in [-0.05, 0) is 75.1 Å². The van der Waals surface area contributed by atoms with Crippen LogP contribution in [0.5, 0.6) is 5.75 Å². The molecule has 43 heavy (non-hydrogen) atoms. The Morgan fingerprint density at radius 1 is 1.09 bits per heavy atom. The van der Waals surface area contributed by atoms with E-state index >= 15 is 0 Å². The van der Waals surface area contributed by atoms with Gasteiger partial charge in [-0.15, -0.1) is 0 Å². The van der Waals surface area contributed by atoms with Gasteiger partial charge < -0.3 is 19.7 Å². The van der Waals surface area contributed by atoms with Gasteiger partial charge in [0, 0.05) is 37.6 Å². The van der Waals surface area contributed by atoms with E-state index in [0.717, 1.165) is 29.1 Å². The van der Waals surface area contributed by atoms with Crippen LogP contribution in [0.3, 0.4) is 0 Å². The standard InChI is InChI=1S/C31H33N9O3/c1-19-11-22(6-5-21(19)12-20-7-8-40-26(13-20)33-18-35-40)36-28-27-24(32-17-34-28)14-25-29(37-27)38-9-10-39(23(15-38)16-42-25)30(41)43-31(2,3)4/h5-8,11,13-14,17-18,23H,9-10,12,15-16H2,1-4H3,(H,32,34,36)/t23-/m1/s1. The Morgan fingerprint density at radius 2 is 1.98 bits per heavy atom. The number of hydrogen-bond donors (Lipinski definition) is 1. The molecule has 220 valence electrons. The van der Waals surface area contributed by atoms with E-state index in [1.807, 2.05) is 33.0 Å². The topological polar surface area (TPSA) is 123 Å². The molecule has 5 aromatic rings. The highest BCUT2D eigenvalue weighted by atomic mass is 16.6. The van der Waals surface area contributed by atoms with Gasteiger partial charge >= 0.3 is 6.09 Å². The predicted octanol–water partition coefficient (Wildman–Crippen LogP) is 4.53. The molecule has 1 fully saturated rings. The lowest BCUT2D eigenvalue weighted by atomic mass is 10.0. The average molecular weight is 580 g/mol. The smallest absolute Gasteiger partial charge is 0.410 e. The molecule has 2 aliphatic heterocycles. The maximum atomic E-state index is 12.9. The summed E-state index contributed by atoms with van der Waals surface area (Å²) in [5.41, 5.74) is 6.07. The number of aryl methyl sites for hydroxylation is 1.